The average Bonchev–Trinajstić information content (AvgIpc) is 2.28. The molecule has 0 bridgehead atoms. The summed E-state index contributed by atoms with van der Waals surface area (Å²) in [5, 5.41) is 2.14. The predicted molar refractivity (Wildman–Crippen MR) is 67.7 cm³/mol. The molecule has 18 heavy (non-hydrogen) atoms. The number of amides is 2. The number of hydrogen-bond donors (Lipinski definition) is 1. The molecule has 0 radical (unpaired) electrons. The second-order valence-electron chi connectivity index (χ2n) is 4.09. The molecule has 0 aliphatic carbocycles. The Morgan fingerprint density at radius 2 is 2.06 bits per heavy atom. The fraction of sp³-hybridized carbons (Fsp3) is 0.800. The van der Waals surface area contributed by atoms with Crippen molar-refractivity contribution in [2.24, 2.45) is 0 Å². The van der Waals surface area contributed by atoms with E-state index >= 15 is 0 Å². The SMILES string of the molecule is CCC1C(=O)NC(=O)CN1S(=O)(=O)CCCCCl. The quantitative estimate of drug-likeness (QED) is 0.427. The van der Waals surface area contributed by atoms with Crippen LogP contribution in [0.1, 0.15) is 26.2 Å². The Balaban J connectivity index is 2.82. The molecule has 0 aromatic heterocycles. The Morgan fingerprint density at radius 3 is 2.61 bits per heavy atom. The number of rotatable bonds is 6. The summed E-state index contributed by atoms with van der Waals surface area (Å²) >= 11 is 5.49. The Morgan fingerprint density at radius 1 is 1.39 bits per heavy atom. The molecule has 8 heteroatoms. The molecule has 0 aromatic rings. The van der Waals surface area contributed by atoms with Crippen LogP contribution >= 0.6 is 11.6 Å². The van der Waals surface area contributed by atoms with Gasteiger partial charge in [0.25, 0.3) is 0 Å². The van der Waals surface area contributed by atoms with Crippen LogP contribution in [0, 0.1) is 0 Å². The number of carbonyl (C=O) groups is 2. The number of carbonyl (C=O) groups excluding carboxylic acids is 2. The van der Waals surface area contributed by atoms with Gasteiger partial charge < -0.3 is 0 Å². The van der Waals surface area contributed by atoms with Gasteiger partial charge in [-0.1, -0.05) is 6.92 Å². The molecule has 6 nitrogen and oxygen atoms in total. The monoisotopic (exact) mass is 296 g/mol. The van der Waals surface area contributed by atoms with Crippen molar-refractivity contribution in [3.63, 3.8) is 0 Å². The van der Waals surface area contributed by atoms with E-state index in [9.17, 15) is 18.0 Å². The van der Waals surface area contributed by atoms with E-state index in [1.807, 2.05) is 0 Å². The predicted octanol–water partition coefficient (Wildman–Crippen LogP) is 0.0722. The molecule has 1 aliphatic rings. The summed E-state index contributed by atoms with van der Waals surface area (Å²) in [5.74, 6) is -0.816. The van der Waals surface area contributed by atoms with E-state index in [0.717, 1.165) is 4.31 Å². The summed E-state index contributed by atoms with van der Waals surface area (Å²) in [6, 6.07) is -0.788. The van der Waals surface area contributed by atoms with Crippen molar-refractivity contribution in [2.75, 3.05) is 18.2 Å². The molecular formula is C10H17ClN2O4S. The standard InChI is InChI=1S/C10H17ClN2O4S/c1-2-8-10(15)12-9(14)7-13(8)18(16,17)6-4-3-5-11/h8H,2-7H2,1H3,(H,12,14,15). The first-order chi connectivity index (χ1) is 8.42. The number of sulfonamides is 1. The Labute approximate surface area is 112 Å². The van der Waals surface area contributed by atoms with Crippen LogP contribution in [0.25, 0.3) is 0 Å². The Kier molecular flexibility index (Phi) is 5.55. The van der Waals surface area contributed by atoms with Gasteiger partial charge in [0.15, 0.2) is 0 Å². The van der Waals surface area contributed by atoms with E-state index in [2.05, 4.69) is 5.32 Å². The van der Waals surface area contributed by atoms with Crippen molar-refractivity contribution >= 4 is 33.4 Å². The van der Waals surface area contributed by atoms with E-state index < -0.39 is 27.9 Å². The number of halogens is 1. The maximum Gasteiger partial charge on any atom is 0.245 e. The van der Waals surface area contributed by atoms with Crippen LogP contribution in [0.4, 0.5) is 0 Å². The van der Waals surface area contributed by atoms with Crippen molar-refractivity contribution in [1.29, 1.82) is 0 Å². The molecule has 1 N–H and O–H groups in total. The molecule has 1 unspecified atom stereocenters. The number of unbranched alkanes of at least 4 members (excludes halogenated alkanes) is 1. The summed E-state index contributed by atoms with van der Waals surface area (Å²) in [6.45, 7) is 1.43. The van der Waals surface area contributed by atoms with Crippen molar-refractivity contribution < 1.29 is 18.0 Å². The Bertz CT molecular complexity index is 424. The van der Waals surface area contributed by atoms with Gasteiger partial charge in [-0.05, 0) is 19.3 Å². The largest absolute Gasteiger partial charge is 0.294 e. The molecule has 0 spiro atoms. The fourth-order valence-electron chi connectivity index (χ4n) is 1.82. The van der Waals surface area contributed by atoms with Crippen LogP contribution in [0.3, 0.4) is 0 Å². The summed E-state index contributed by atoms with van der Waals surface area (Å²) in [6.07, 6.45) is 1.36. The second-order valence-corrected chi connectivity index (χ2v) is 6.51. The van der Waals surface area contributed by atoms with Crippen LogP contribution in [0.2, 0.25) is 0 Å². The number of hydrogen-bond acceptors (Lipinski definition) is 4. The fourth-order valence-corrected chi connectivity index (χ4v) is 3.76. The lowest BCUT2D eigenvalue weighted by Gasteiger charge is -2.32. The zero-order valence-electron chi connectivity index (χ0n) is 10.2. The van der Waals surface area contributed by atoms with Crippen molar-refractivity contribution in [2.45, 2.75) is 32.2 Å². The molecule has 0 saturated carbocycles. The van der Waals surface area contributed by atoms with E-state index in [4.69, 9.17) is 11.6 Å². The van der Waals surface area contributed by atoms with Gasteiger partial charge >= 0.3 is 0 Å². The van der Waals surface area contributed by atoms with Crippen molar-refractivity contribution in [3.05, 3.63) is 0 Å². The lowest BCUT2D eigenvalue weighted by Crippen LogP contribution is -2.59. The molecule has 1 heterocycles. The summed E-state index contributed by atoms with van der Waals surface area (Å²) in [7, 11) is -3.59. The third-order valence-corrected chi connectivity index (χ3v) is 4.91. The lowest BCUT2D eigenvalue weighted by molar-refractivity contribution is -0.137. The van der Waals surface area contributed by atoms with Gasteiger partial charge in [0.2, 0.25) is 21.8 Å². The maximum atomic E-state index is 12.1. The van der Waals surface area contributed by atoms with Crippen molar-refractivity contribution in [3.8, 4) is 0 Å². The number of imide groups is 1. The summed E-state index contributed by atoms with van der Waals surface area (Å²) in [5.41, 5.74) is 0. The first kappa shape index (κ1) is 15.4. The summed E-state index contributed by atoms with van der Waals surface area (Å²) < 4.78 is 25.1. The molecule has 1 fully saturated rings. The minimum absolute atomic E-state index is 0.0865. The molecule has 1 atom stereocenters. The zero-order valence-corrected chi connectivity index (χ0v) is 11.8. The summed E-state index contributed by atoms with van der Waals surface area (Å²) in [4.78, 5) is 22.8. The number of nitrogens with zero attached hydrogens (tertiary/aromatic N) is 1. The van der Waals surface area contributed by atoms with Crippen LogP contribution in [0.15, 0.2) is 0 Å². The maximum absolute atomic E-state index is 12.1. The number of alkyl halides is 1. The third kappa shape index (κ3) is 3.66. The number of piperazine rings is 1. The molecule has 2 amide bonds. The normalized spacial score (nSPS) is 22.0. The average molecular weight is 297 g/mol. The van der Waals surface area contributed by atoms with Gasteiger partial charge in [0, 0.05) is 5.88 Å². The first-order valence-corrected chi connectivity index (χ1v) is 7.96. The minimum atomic E-state index is -3.59. The van der Waals surface area contributed by atoms with Crippen molar-refractivity contribution in [1.82, 2.24) is 9.62 Å². The Hall–Kier alpha value is -0.660. The van der Waals surface area contributed by atoms with Gasteiger partial charge in [0.1, 0.15) is 6.04 Å². The van der Waals surface area contributed by atoms with E-state index in [-0.39, 0.29) is 12.3 Å². The molecule has 0 aromatic carbocycles. The lowest BCUT2D eigenvalue weighted by atomic mass is 10.2. The smallest absolute Gasteiger partial charge is 0.245 e. The highest BCUT2D eigenvalue weighted by atomic mass is 35.5. The second kappa shape index (κ2) is 6.49. The molecular weight excluding hydrogens is 280 g/mol. The third-order valence-electron chi connectivity index (χ3n) is 2.74. The first-order valence-electron chi connectivity index (χ1n) is 5.81. The highest BCUT2D eigenvalue weighted by Crippen LogP contribution is 2.16. The highest BCUT2D eigenvalue weighted by molar-refractivity contribution is 7.89. The topological polar surface area (TPSA) is 83.6 Å². The molecule has 1 rings (SSSR count). The van der Waals surface area contributed by atoms with Gasteiger partial charge in [-0.15, -0.1) is 11.6 Å². The van der Waals surface area contributed by atoms with Crippen LogP contribution < -0.4 is 5.32 Å². The molecule has 104 valence electrons. The molecule has 1 aliphatic heterocycles. The minimum Gasteiger partial charge on any atom is -0.294 e. The number of nitrogens with one attached hydrogen (secondary N) is 1. The van der Waals surface area contributed by atoms with E-state index in [1.165, 1.54) is 0 Å². The van der Waals surface area contributed by atoms with Crippen LogP contribution in [0.5, 0.6) is 0 Å². The van der Waals surface area contributed by atoms with Gasteiger partial charge in [0.05, 0.1) is 12.3 Å². The van der Waals surface area contributed by atoms with Crippen LogP contribution in [-0.4, -0.2) is 48.8 Å². The van der Waals surface area contributed by atoms with Crippen LogP contribution in [-0.2, 0) is 19.6 Å². The van der Waals surface area contributed by atoms with Gasteiger partial charge in [-0.2, -0.15) is 4.31 Å². The van der Waals surface area contributed by atoms with Gasteiger partial charge in [-0.25, -0.2) is 8.42 Å². The van der Waals surface area contributed by atoms with E-state index in [1.54, 1.807) is 6.92 Å². The zero-order chi connectivity index (χ0) is 13.8. The molecule has 1 saturated heterocycles. The highest BCUT2D eigenvalue weighted by Gasteiger charge is 2.39. The van der Waals surface area contributed by atoms with E-state index in [0.29, 0.717) is 25.1 Å². The van der Waals surface area contributed by atoms with Gasteiger partial charge in [-0.3, -0.25) is 14.9 Å².